The number of fused-ring (bicyclic) bond motifs is 1. The summed E-state index contributed by atoms with van der Waals surface area (Å²) < 4.78 is 35.1. The van der Waals surface area contributed by atoms with E-state index in [1.54, 1.807) is 56.0 Å². The van der Waals surface area contributed by atoms with Gasteiger partial charge in [0.1, 0.15) is 26.9 Å². The molecule has 1 aliphatic heterocycles. The second-order valence-corrected chi connectivity index (χ2v) is 11.5. The van der Waals surface area contributed by atoms with Gasteiger partial charge in [-0.3, -0.25) is 14.2 Å². The number of carbonyl (C=O) groups is 2. The maximum Gasteiger partial charge on any atom is 0.407 e. The molecule has 0 radical (unpaired) electrons. The zero-order valence-corrected chi connectivity index (χ0v) is 23.0. The molecule has 2 aromatic carbocycles. The highest BCUT2D eigenvalue weighted by molar-refractivity contribution is 7.21. The molecule has 1 atom stereocenters. The Labute approximate surface area is 233 Å². The van der Waals surface area contributed by atoms with Gasteiger partial charge in [0.2, 0.25) is 0 Å². The Kier molecular flexibility index (Phi) is 7.33. The van der Waals surface area contributed by atoms with Gasteiger partial charge < -0.3 is 20.3 Å². The normalized spacial score (nSPS) is 15.3. The highest BCUT2D eigenvalue weighted by atomic mass is 32.1. The van der Waals surface area contributed by atoms with Crippen LogP contribution >= 0.6 is 11.3 Å². The van der Waals surface area contributed by atoms with Crippen LogP contribution in [0.15, 0.2) is 65.5 Å². The lowest BCUT2D eigenvalue weighted by atomic mass is 10.2. The third-order valence-electron chi connectivity index (χ3n) is 6.34. The van der Waals surface area contributed by atoms with Crippen LogP contribution in [0.1, 0.15) is 36.9 Å². The lowest BCUT2D eigenvalue weighted by Gasteiger charge is -2.22. The zero-order valence-electron chi connectivity index (χ0n) is 22.2. The fourth-order valence-electron chi connectivity index (χ4n) is 4.58. The quantitative estimate of drug-likeness (QED) is 0.318. The van der Waals surface area contributed by atoms with Gasteiger partial charge in [0, 0.05) is 30.6 Å². The van der Waals surface area contributed by atoms with Crippen molar-refractivity contribution in [3.8, 4) is 5.69 Å². The first-order valence-electron chi connectivity index (χ1n) is 12.7. The number of likely N-dealkylation sites (tertiary alicyclic amines) is 1. The van der Waals surface area contributed by atoms with Crippen LogP contribution in [0.5, 0.6) is 0 Å². The van der Waals surface area contributed by atoms with Crippen LogP contribution in [0.3, 0.4) is 0 Å². The molecular weight excluding hydrogens is 538 g/mol. The maximum atomic E-state index is 14.7. The van der Waals surface area contributed by atoms with Gasteiger partial charge >= 0.3 is 6.09 Å². The number of rotatable bonds is 5. The molecule has 0 saturated carbocycles. The third kappa shape index (κ3) is 5.69. The van der Waals surface area contributed by atoms with E-state index in [2.05, 4.69) is 10.6 Å². The minimum Gasteiger partial charge on any atom is -0.444 e. The first-order chi connectivity index (χ1) is 19.0. The number of hydrogen-bond donors (Lipinski definition) is 2. The number of thiophene rings is 1. The Hall–Kier alpha value is -4.25. The van der Waals surface area contributed by atoms with Crippen molar-refractivity contribution in [3.63, 3.8) is 0 Å². The van der Waals surface area contributed by atoms with Crippen molar-refractivity contribution in [2.45, 2.75) is 38.8 Å². The lowest BCUT2D eigenvalue weighted by molar-refractivity contribution is 0.0502. The number of amides is 2. The summed E-state index contributed by atoms with van der Waals surface area (Å²) in [6.07, 6.45) is -0.0327. The number of hydrogen-bond acceptors (Lipinski definition) is 6. The number of nitrogens with zero attached hydrogens (tertiary/aromatic N) is 2. The van der Waals surface area contributed by atoms with E-state index in [4.69, 9.17) is 4.74 Å². The Bertz CT molecular complexity index is 1650. The summed E-state index contributed by atoms with van der Waals surface area (Å²) in [7, 11) is 0. The molecule has 2 aromatic heterocycles. The van der Waals surface area contributed by atoms with E-state index in [-0.39, 0.29) is 34.6 Å². The van der Waals surface area contributed by atoms with Crippen LogP contribution in [-0.2, 0) is 4.74 Å². The number of aromatic nitrogens is 1. The fraction of sp³-hybridized carbons (Fsp3) is 0.276. The summed E-state index contributed by atoms with van der Waals surface area (Å²) in [4.78, 5) is 41.5. The van der Waals surface area contributed by atoms with Gasteiger partial charge in [-0.05, 0) is 57.5 Å². The average molecular weight is 567 g/mol. The molecule has 40 heavy (non-hydrogen) atoms. The monoisotopic (exact) mass is 566 g/mol. The number of alkyl carbamates (subject to hydrolysis) is 1. The number of nitrogens with one attached hydrogen (secondary N) is 2. The summed E-state index contributed by atoms with van der Waals surface area (Å²) in [5.41, 5.74) is -0.0378. The molecule has 1 fully saturated rings. The van der Waals surface area contributed by atoms with Crippen LogP contribution < -0.4 is 16.2 Å². The fourth-order valence-corrected chi connectivity index (χ4v) is 5.82. The van der Waals surface area contributed by atoms with Gasteiger partial charge in [-0.25, -0.2) is 13.6 Å². The van der Waals surface area contributed by atoms with Crippen molar-refractivity contribution < 1.29 is 23.1 Å². The van der Waals surface area contributed by atoms with E-state index in [1.807, 2.05) is 6.07 Å². The molecule has 0 bridgehead atoms. The number of anilines is 2. The predicted molar refractivity (Wildman–Crippen MR) is 151 cm³/mol. The molecule has 2 N–H and O–H groups in total. The number of ether oxygens (including phenoxy) is 1. The minimum atomic E-state index is -0.822. The predicted octanol–water partition coefficient (Wildman–Crippen LogP) is 5.81. The molecule has 5 rings (SSSR count). The second-order valence-electron chi connectivity index (χ2n) is 10.5. The highest BCUT2D eigenvalue weighted by Gasteiger charge is 2.32. The van der Waals surface area contributed by atoms with E-state index in [0.29, 0.717) is 34.6 Å². The van der Waals surface area contributed by atoms with Crippen molar-refractivity contribution in [1.29, 1.82) is 0 Å². The number of pyridine rings is 1. The average Bonchev–Trinajstić information content (AvgIpc) is 3.49. The molecule has 11 heteroatoms. The second kappa shape index (κ2) is 10.7. The molecular formula is C29H28F2N4O4S. The van der Waals surface area contributed by atoms with Gasteiger partial charge in [-0.15, -0.1) is 11.3 Å². The lowest BCUT2D eigenvalue weighted by Crippen LogP contribution is -2.41. The van der Waals surface area contributed by atoms with Gasteiger partial charge in [-0.2, -0.15) is 0 Å². The number of carbonyl (C=O) groups excluding carboxylic acids is 2. The smallest absolute Gasteiger partial charge is 0.407 e. The summed E-state index contributed by atoms with van der Waals surface area (Å²) in [6.45, 7) is 5.94. The summed E-state index contributed by atoms with van der Waals surface area (Å²) >= 11 is 1.11. The zero-order chi connectivity index (χ0) is 28.6. The molecule has 0 spiro atoms. The third-order valence-corrected chi connectivity index (χ3v) is 7.52. The van der Waals surface area contributed by atoms with Crippen LogP contribution in [0.25, 0.3) is 15.9 Å². The van der Waals surface area contributed by atoms with Crippen LogP contribution in [-0.4, -0.2) is 46.2 Å². The highest BCUT2D eigenvalue weighted by Crippen LogP contribution is 2.39. The molecule has 4 aromatic rings. The minimum absolute atomic E-state index is 0.0153. The molecule has 1 aliphatic rings. The topological polar surface area (TPSA) is 92.7 Å². The number of benzene rings is 2. The number of halogens is 2. The molecule has 208 valence electrons. The van der Waals surface area contributed by atoms with E-state index >= 15 is 0 Å². The summed E-state index contributed by atoms with van der Waals surface area (Å²) in [5, 5.41) is 6.32. The first-order valence-corrected chi connectivity index (χ1v) is 13.6. The molecule has 1 unspecified atom stereocenters. The van der Waals surface area contributed by atoms with E-state index in [1.165, 1.54) is 16.7 Å². The SMILES string of the molecule is CC(C)(C)OC(=O)NC1CCN(C(=O)c2sc3c(ccc(=O)n3-c3ccccc3)c2Nc2ccc(F)cc2F)C1. The summed E-state index contributed by atoms with van der Waals surface area (Å²) in [6, 6.07) is 14.8. The van der Waals surface area contributed by atoms with E-state index < -0.39 is 23.3 Å². The van der Waals surface area contributed by atoms with Gasteiger partial charge in [-0.1, -0.05) is 18.2 Å². The molecule has 1 saturated heterocycles. The Morgan fingerprint density at radius 3 is 2.50 bits per heavy atom. The van der Waals surface area contributed by atoms with Gasteiger partial charge in [0.25, 0.3) is 11.5 Å². The van der Waals surface area contributed by atoms with Gasteiger partial charge in [0.15, 0.2) is 0 Å². The number of para-hydroxylation sites is 1. The van der Waals surface area contributed by atoms with Crippen molar-refractivity contribution in [3.05, 3.63) is 87.5 Å². The molecule has 8 nitrogen and oxygen atoms in total. The van der Waals surface area contributed by atoms with Crippen molar-refractivity contribution in [1.82, 2.24) is 14.8 Å². The van der Waals surface area contributed by atoms with Crippen molar-refractivity contribution in [2.24, 2.45) is 0 Å². The van der Waals surface area contributed by atoms with Crippen molar-refractivity contribution >= 4 is 44.9 Å². The van der Waals surface area contributed by atoms with E-state index in [0.717, 1.165) is 23.5 Å². The summed E-state index contributed by atoms with van der Waals surface area (Å²) in [5.74, 6) is -1.89. The first kappa shape index (κ1) is 27.3. The van der Waals surface area contributed by atoms with Gasteiger partial charge in [0.05, 0.1) is 23.1 Å². The van der Waals surface area contributed by atoms with E-state index in [9.17, 15) is 23.2 Å². The Morgan fingerprint density at radius 1 is 1.05 bits per heavy atom. The molecule has 0 aliphatic carbocycles. The van der Waals surface area contributed by atoms with Crippen LogP contribution in [0.4, 0.5) is 25.0 Å². The molecule has 3 heterocycles. The standard InChI is InChI=1S/C29H28F2N4O4S/c1-29(2,3)39-28(38)32-18-13-14-34(16-18)26(37)25-24(33-22-11-9-17(30)15-21(22)31)20-10-12-23(36)35(27(20)40-25)19-7-5-4-6-8-19/h4-12,15,18,33H,13-14,16H2,1-3H3,(H,32,38). The Balaban J connectivity index is 1.54. The van der Waals surface area contributed by atoms with Crippen molar-refractivity contribution in [2.75, 3.05) is 18.4 Å². The largest absolute Gasteiger partial charge is 0.444 e. The van der Waals surface area contributed by atoms with Crippen LogP contribution in [0, 0.1) is 11.6 Å². The molecule has 2 amide bonds. The Morgan fingerprint density at radius 2 is 1.80 bits per heavy atom. The van der Waals surface area contributed by atoms with Crippen LogP contribution in [0.2, 0.25) is 0 Å². The maximum absolute atomic E-state index is 14.7.